The number of aromatic nitrogens is 1. The zero-order chi connectivity index (χ0) is 13.1. The van der Waals surface area contributed by atoms with Crippen molar-refractivity contribution >= 4 is 29.1 Å². The van der Waals surface area contributed by atoms with E-state index in [1.165, 1.54) is 17.3 Å². The van der Waals surface area contributed by atoms with Crippen LogP contribution >= 0.6 is 23.1 Å². The minimum absolute atomic E-state index is 0.0831. The van der Waals surface area contributed by atoms with Crippen molar-refractivity contribution in [3.63, 3.8) is 0 Å². The summed E-state index contributed by atoms with van der Waals surface area (Å²) in [5.74, 6) is 1.21. The number of nitrogens with zero attached hydrogens (tertiary/aromatic N) is 1. The maximum absolute atomic E-state index is 10.4. The van der Waals surface area contributed by atoms with Gasteiger partial charge in [0, 0.05) is 5.75 Å². The fourth-order valence-electron chi connectivity index (χ4n) is 1.45. The molecular weight excluding hydrogens is 270 g/mol. The van der Waals surface area contributed by atoms with Gasteiger partial charge in [-0.15, -0.1) is 23.1 Å². The summed E-state index contributed by atoms with van der Waals surface area (Å²) in [5, 5.41) is 10.6. The molecule has 0 bridgehead atoms. The molecular formula is C12H13NO3S2. The highest BCUT2D eigenvalue weighted by atomic mass is 32.2. The molecule has 0 unspecified atom stereocenters. The second-order valence-electron chi connectivity index (χ2n) is 3.90. The van der Waals surface area contributed by atoms with Gasteiger partial charge in [-0.25, -0.2) is 4.98 Å². The molecule has 18 heavy (non-hydrogen) atoms. The molecule has 0 spiro atoms. The molecule has 2 aromatic heterocycles. The monoisotopic (exact) mass is 283 g/mol. The van der Waals surface area contributed by atoms with E-state index in [0.717, 1.165) is 16.3 Å². The van der Waals surface area contributed by atoms with E-state index in [-0.39, 0.29) is 5.75 Å². The van der Waals surface area contributed by atoms with Crippen molar-refractivity contribution in [1.82, 2.24) is 4.98 Å². The van der Waals surface area contributed by atoms with E-state index in [2.05, 4.69) is 4.98 Å². The highest BCUT2D eigenvalue weighted by Crippen LogP contribution is 2.29. The van der Waals surface area contributed by atoms with Gasteiger partial charge in [-0.1, -0.05) is 0 Å². The number of thiophene rings is 1. The Morgan fingerprint density at radius 2 is 2.33 bits per heavy atom. The molecule has 0 saturated heterocycles. The molecule has 0 radical (unpaired) electrons. The second-order valence-corrected chi connectivity index (χ2v) is 5.79. The van der Waals surface area contributed by atoms with E-state index in [9.17, 15) is 4.79 Å². The van der Waals surface area contributed by atoms with E-state index < -0.39 is 5.97 Å². The Morgan fingerprint density at radius 3 is 2.94 bits per heavy atom. The first kappa shape index (κ1) is 13.2. The van der Waals surface area contributed by atoms with Crippen LogP contribution in [0.15, 0.2) is 15.9 Å². The van der Waals surface area contributed by atoms with Crippen LogP contribution in [0.1, 0.15) is 17.0 Å². The number of hydrogen-bond acceptors (Lipinski definition) is 5. The van der Waals surface area contributed by atoms with Gasteiger partial charge in [0.25, 0.3) is 0 Å². The van der Waals surface area contributed by atoms with Crippen molar-refractivity contribution < 1.29 is 14.3 Å². The van der Waals surface area contributed by atoms with Crippen LogP contribution in [0.5, 0.6) is 0 Å². The molecule has 2 heterocycles. The SMILES string of the molecule is Cc1csc(-c2nc(CSCC(=O)O)c(C)o2)c1. The molecule has 0 aliphatic carbocycles. The smallest absolute Gasteiger partial charge is 0.313 e. The third kappa shape index (κ3) is 3.14. The Kier molecular flexibility index (Phi) is 4.08. The number of rotatable bonds is 5. The number of aryl methyl sites for hydroxylation is 2. The maximum Gasteiger partial charge on any atom is 0.313 e. The van der Waals surface area contributed by atoms with Gasteiger partial charge in [0.2, 0.25) is 5.89 Å². The van der Waals surface area contributed by atoms with Crippen LogP contribution in [0.25, 0.3) is 10.8 Å². The van der Waals surface area contributed by atoms with E-state index in [0.29, 0.717) is 11.6 Å². The van der Waals surface area contributed by atoms with Gasteiger partial charge in [0.1, 0.15) is 5.76 Å². The van der Waals surface area contributed by atoms with Crippen molar-refractivity contribution in [2.24, 2.45) is 0 Å². The van der Waals surface area contributed by atoms with Crippen molar-refractivity contribution in [1.29, 1.82) is 0 Å². The molecule has 96 valence electrons. The summed E-state index contributed by atoms with van der Waals surface area (Å²) in [7, 11) is 0. The Balaban J connectivity index is 2.09. The first-order chi connectivity index (χ1) is 8.56. The van der Waals surface area contributed by atoms with Crippen molar-refractivity contribution in [3.05, 3.63) is 28.5 Å². The molecule has 0 saturated carbocycles. The molecule has 0 aliphatic heterocycles. The van der Waals surface area contributed by atoms with Crippen LogP contribution in [0.2, 0.25) is 0 Å². The number of carboxylic acids is 1. The lowest BCUT2D eigenvalue weighted by Crippen LogP contribution is -1.98. The fraction of sp³-hybridized carbons (Fsp3) is 0.333. The average Bonchev–Trinajstić information content (AvgIpc) is 2.86. The van der Waals surface area contributed by atoms with E-state index in [1.807, 2.05) is 25.3 Å². The van der Waals surface area contributed by atoms with Crippen LogP contribution in [-0.2, 0) is 10.5 Å². The van der Waals surface area contributed by atoms with Crippen molar-refractivity contribution in [3.8, 4) is 10.8 Å². The topological polar surface area (TPSA) is 63.3 Å². The van der Waals surface area contributed by atoms with Gasteiger partial charge in [-0.05, 0) is 30.9 Å². The second kappa shape index (κ2) is 5.58. The van der Waals surface area contributed by atoms with Gasteiger partial charge >= 0.3 is 5.97 Å². The van der Waals surface area contributed by atoms with E-state index in [1.54, 1.807) is 11.3 Å². The first-order valence-corrected chi connectivity index (χ1v) is 7.41. The molecule has 0 aliphatic rings. The molecule has 6 heteroatoms. The molecule has 2 rings (SSSR count). The van der Waals surface area contributed by atoms with Gasteiger partial charge < -0.3 is 9.52 Å². The predicted molar refractivity (Wildman–Crippen MR) is 73.1 cm³/mol. The molecule has 0 atom stereocenters. The maximum atomic E-state index is 10.4. The Hall–Kier alpha value is -1.27. The summed E-state index contributed by atoms with van der Waals surface area (Å²) in [5.41, 5.74) is 2.01. The summed E-state index contributed by atoms with van der Waals surface area (Å²) < 4.78 is 5.61. The number of hydrogen-bond donors (Lipinski definition) is 1. The molecule has 0 fully saturated rings. The van der Waals surface area contributed by atoms with Gasteiger partial charge in [-0.3, -0.25) is 4.79 Å². The van der Waals surface area contributed by atoms with Crippen LogP contribution in [-0.4, -0.2) is 21.8 Å². The summed E-state index contributed by atoms with van der Waals surface area (Å²) in [6, 6.07) is 2.03. The number of oxazole rings is 1. The lowest BCUT2D eigenvalue weighted by Gasteiger charge is -1.94. The zero-order valence-electron chi connectivity index (χ0n) is 10.1. The highest BCUT2D eigenvalue weighted by Gasteiger charge is 2.13. The summed E-state index contributed by atoms with van der Waals surface area (Å²) in [4.78, 5) is 15.9. The highest BCUT2D eigenvalue weighted by molar-refractivity contribution is 7.99. The van der Waals surface area contributed by atoms with Crippen LogP contribution < -0.4 is 0 Å². The average molecular weight is 283 g/mol. The predicted octanol–water partition coefficient (Wildman–Crippen LogP) is 3.34. The minimum atomic E-state index is -0.810. The van der Waals surface area contributed by atoms with Crippen LogP contribution in [0.3, 0.4) is 0 Å². The first-order valence-electron chi connectivity index (χ1n) is 5.37. The lowest BCUT2D eigenvalue weighted by molar-refractivity contribution is -0.133. The van der Waals surface area contributed by atoms with Crippen molar-refractivity contribution in [2.45, 2.75) is 19.6 Å². The molecule has 4 nitrogen and oxygen atoms in total. The van der Waals surface area contributed by atoms with Crippen molar-refractivity contribution in [2.75, 3.05) is 5.75 Å². The third-order valence-electron chi connectivity index (χ3n) is 2.30. The lowest BCUT2D eigenvalue weighted by atomic mass is 10.3. The van der Waals surface area contributed by atoms with E-state index >= 15 is 0 Å². The minimum Gasteiger partial charge on any atom is -0.481 e. The third-order valence-corrected chi connectivity index (χ3v) is 4.26. The summed E-state index contributed by atoms with van der Waals surface area (Å²) in [6.45, 7) is 3.88. The van der Waals surface area contributed by atoms with Gasteiger partial charge in [0.05, 0.1) is 16.3 Å². The standard InChI is InChI=1S/C12H13NO3S2/c1-7-3-10(18-4-7)12-13-9(8(2)16-12)5-17-6-11(14)15/h3-4H,5-6H2,1-2H3,(H,14,15). The fourth-order valence-corrected chi connectivity index (χ4v) is 3.01. The largest absolute Gasteiger partial charge is 0.481 e. The summed E-state index contributed by atoms with van der Waals surface area (Å²) in [6.07, 6.45) is 0. The number of aliphatic carboxylic acids is 1. The van der Waals surface area contributed by atoms with E-state index in [4.69, 9.17) is 9.52 Å². The Morgan fingerprint density at radius 1 is 1.56 bits per heavy atom. The van der Waals surface area contributed by atoms with Gasteiger partial charge in [0.15, 0.2) is 0 Å². The molecule has 2 aromatic rings. The molecule has 0 amide bonds. The zero-order valence-corrected chi connectivity index (χ0v) is 11.7. The number of carboxylic acid groups (broad SMARTS) is 1. The van der Waals surface area contributed by atoms with Crippen LogP contribution in [0, 0.1) is 13.8 Å². The Bertz CT molecular complexity index is 559. The molecule has 0 aromatic carbocycles. The number of carbonyl (C=O) groups is 1. The Labute approximate surface area is 113 Å². The number of thioether (sulfide) groups is 1. The van der Waals surface area contributed by atoms with Crippen LogP contribution in [0.4, 0.5) is 0 Å². The van der Waals surface area contributed by atoms with Gasteiger partial charge in [-0.2, -0.15) is 0 Å². The quantitative estimate of drug-likeness (QED) is 0.911. The normalized spacial score (nSPS) is 10.8. The molecule has 1 N–H and O–H groups in total. The summed E-state index contributed by atoms with van der Waals surface area (Å²) >= 11 is 2.92.